The minimum absolute atomic E-state index is 0.141. The molecule has 6 heteroatoms. The van der Waals surface area contributed by atoms with Gasteiger partial charge in [-0.2, -0.15) is 0 Å². The van der Waals surface area contributed by atoms with Crippen LogP contribution < -0.4 is 10.6 Å². The molecule has 1 aliphatic carbocycles. The Kier molecular flexibility index (Phi) is 5.40. The number of anilines is 2. The van der Waals surface area contributed by atoms with Crippen molar-refractivity contribution in [1.82, 2.24) is 0 Å². The Morgan fingerprint density at radius 2 is 1.61 bits per heavy atom. The number of hydrogen-bond acceptors (Lipinski definition) is 3. The minimum atomic E-state index is -0.685. The van der Waals surface area contributed by atoms with Crippen LogP contribution in [0.15, 0.2) is 48.5 Å². The predicted molar refractivity (Wildman–Crippen MR) is 107 cm³/mol. The van der Waals surface area contributed by atoms with E-state index in [1.54, 1.807) is 57.2 Å². The van der Waals surface area contributed by atoms with Crippen molar-refractivity contribution < 1.29 is 18.7 Å². The molecular formula is C22H25FN2O3. The van der Waals surface area contributed by atoms with Gasteiger partial charge in [-0.1, -0.05) is 18.6 Å². The number of amides is 2. The van der Waals surface area contributed by atoms with E-state index in [1.807, 2.05) is 0 Å². The van der Waals surface area contributed by atoms with Crippen LogP contribution in [0.3, 0.4) is 0 Å². The van der Waals surface area contributed by atoms with Crippen molar-refractivity contribution in [2.24, 2.45) is 0 Å². The van der Waals surface area contributed by atoms with Crippen LogP contribution in [0.25, 0.3) is 0 Å². The number of rotatable bonds is 4. The summed E-state index contributed by atoms with van der Waals surface area (Å²) in [4.78, 5) is 24.7. The molecule has 0 heterocycles. The van der Waals surface area contributed by atoms with E-state index < -0.39 is 17.1 Å². The SMILES string of the molecule is CC(C)(C)OC(=O)Nc1ccc(NC(=O)C2(c3cccc(F)c3)CCC2)cc1. The number of carbonyl (C=O) groups excluding carboxylic acids is 2. The molecule has 0 spiro atoms. The molecule has 0 radical (unpaired) electrons. The summed E-state index contributed by atoms with van der Waals surface area (Å²) in [5.74, 6) is -0.480. The fraction of sp³-hybridized carbons (Fsp3) is 0.364. The van der Waals surface area contributed by atoms with Gasteiger partial charge < -0.3 is 10.1 Å². The van der Waals surface area contributed by atoms with E-state index in [4.69, 9.17) is 4.74 Å². The van der Waals surface area contributed by atoms with Gasteiger partial charge in [0, 0.05) is 11.4 Å². The molecule has 148 valence electrons. The van der Waals surface area contributed by atoms with Crippen molar-refractivity contribution >= 4 is 23.4 Å². The molecule has 2 aromatic rings. The third kappa shape index (κ3) is 4.50. The molecule has 2 amide bonds. The topological polar surface area (TPSA) is 67.4 Å². The summed E-state index contributed by atoms with van der Waals surface area (Å²) in [6.07, 6.45) is 1.79. The standard InChI is InChI=1S/C22H25FN2O3/c1-21(2,3)28-20(27)25-18-10-8-17(9-11-18)24-19(26)22(12-5-13-22)15-6-4-7-16(23)14-15/h4,6-11,14H,5,12-13H2,1-3H3,(H,24,26)(H,25,27). The van der Waals surface area contributed by atoms with Gasteiger partial charge in [0.05, 0.1) is 5.41 Å². The minimum Gasteiger partial charge on any atom is -0.444 e. The number of halogens is 1. The van der Waals surface area contributed by atoms with E-state index in [9.17, 15) is 14.0 Å². The van der Waals surface area contributed by atoms with Crippen molar-refractivity contribution in [2.75, 3.05) is 10.6 Å². The predicted octanol–water partition coefficient (Wildman–Crippen LogP) is 5.23. The van der Waals surface area contributed by atoms with Gasteiger partial charge in [-0.15, -0.1) is 0 Å². The summed E-state index contributed by atoms with van der Waals surface area (Å²) in [6.45, 7) is 5.38. The van der Waals surface area contributed by atoms with Gasteiger partial charge in [0.1, 0.15) is 11.4 Å². The Bertz CT molecular complexity index is 868. The molecule has 2 aromatic carbocycles. The second-order valence-electron chi connectivity index (χ2n) is 8.10. The van der Waals surface area contributed by atoms with E-state index in [2.05, 4.69) is 10.6 Å². The molecule has 0 saturated heterocycles. The van der Waals surface area contributed by atoms with Gasteiger partial charge in [-0.3, -0.25) is 10.1 Å². The number of nitrogens with one attached hydrogen (secondary N) is 2. The first-order chi connectivity index (χ1) is 13.2. The van der Waals surface area contributed by atoms with Gasteiger partial charge in [-0.05, 0) is 75.6 Å². The Balaban J connectivity index is 1.66. The summed E-state index contributed by atoms with van der Waals surface area (Å²) in [6, 6.07) is 13.1. The summed E-state index contributed by atoms with van der Waals surface area (Å²) < 4.78 is 18.8. The van der Waals surface area contributed by atoms with Gasteiger partial charge >= 0.3 is 6.09 Å². The van der Waals surface area contributed by atoms with Crippen molar-refractivity contribution in [3.8, 4) is 0 Å². The molecule has 2 N–H and O–H groups in total. The summed E-state index contributed by atoms with van der Waals surface area (Å²) in [5, 5.41) is 5.56. The molecule has 1 saturated carbocycles. The molecular weight excluding hydrogens is 359 g/mol. The molecule has 1 aliphatic rings. The number of benzene rings is 2. The van der Waals surface area contributed by atoms with Crippen molar-refractivity contribution in [2.45, 2.75) is 51.0 Å². The summed E-state index contributed by atoms with van der Waals surface area (Å²) >= 11 is 0. The van der Waals surface area contributed by atoms with Gasteiger partial charge in [-0.25, -0.2) is 9.18 Å². The Morgan fingerprint density at radius 3 is 2.11 bits per heavy atom. The molecule has 0 aromatic heterocycles. The smallest absolute Gasteiger partial charge is 0.412 e. The van der Waals surface area contributed by atoms with Gasteiger partial charge in [0.15, 0.2) is 0 Å². The van der Waals surface area contributed by atoms with Crippen molar-refractivity contribution in [3.05, 3.63) is 59.9 Å². The fourth-order valence-electron chi connectivity index (χ4n) is 3.27. The van der Waals surface area contributed by atoms with Crippen LogP contribution in [0.5, 0.6) is 0 Å². The highest BCUT2D eigenvalue weighted by atomic mass is 19.1. The second-order valence-corrected chi connectivity index (χ2v) is 8.10. The first-order valence-electron chi connectivity index (χ1n) is 9.36. The van der Waals surface area contributed by atoms with Crippen LogP contribution in [0, 0.1) is 5.82 Å². The molecule has 3 rings (SSSR count). The lowest BCUT2D eigenvalue weighted by atomic mass is 9.63. The van der Waals surface area contributed by atoms with Crippen LogP contribution >= 0.6 is 0 Å². The Morgan fingerprint density at radius 1 is 1.00 bits per heavy atom. The maximum absolute atomic E-state index is 13.6. The average molecular weight is 384 g/mol. The highest BCUT2D eigenvalue weighted by molar-refractivity contribution is 6.00. The first kappa shape index (κ1) is 19.9. The van der Waals surface area contributed by atoms with Gasteiger partial charge in [0.25, 0.3) is 0 Å². The number of carbonyl (C=O) groups is 2. The number of hydrogen-bond donors (Lipinski definition) is 2. The molecule has 1 fully saturated rings. The highest BCUT2D eigenvalue weighted by Gasteiger charge is 2.45. The second kappa shape index (κ2) is 7.62. The van der Waals surface area contributed by atoms with E-state index in [1.165, 1.54) is 12.1 Å². The monoisotopic (exact) mass is 384 g/mol. The van der Waals surface area contributed by atoms with Gasteiger partial charge in [0.2, 0.25) is 5.91 Å². The van der Waals surface area contributed by atoms with E-state index >= 15 is 0 Å². The summed E-state index contributed by atoms with van der Waals surface area (Å²) in [7, 11) is 0. The van der Waals surface area contributed by atoms with Crippen LogP contribution in [-0.4, -0.2) is 17.6 Å². The third-order valence-electron chi connectivity index (χ3n) is 4.81. The normalized spacial score (nSPS) is 15.3. The van der Waals surface area contributed by atoms with Crippen LogP contribution in [0.2, 0.25) is 0 Å². The molecule has 0 aliphatic heterocycles. The lowest BCUT2D eigenvalue weighted by molar-refractivity contribution is -0.124. The molecule has 0 unspecified atom stereocenters. The van der Waals surface area contributed by atoms with Crippen molar-refractivity contribution in [1.29, 1.82) is 0 Å². The van der Waals surface area contributed by atoms with Crippen molar-refractivity contribution in [3.63, 3.8) is 0 Å². The zero-order valence-corrected chi connectivity index (χ0v) is 16.3. The Labute approximate surface area is 164 Å². The zero-order valence-electron chi connectivity index (χ0n) is 16.3. The molecule has 0 atom stereocenters. The zero-order chi connectivity index (χ0) is 20.4. The van der Waals surface area contributed by atoms with Crippen LogP contribution in [0.4, 0.5) is 20.6 Å². The third-order valence-corrected chi connectivity index (χ3v) is 4.81. The quantitative estimate of drug-likeness (QED) is 0.758. The highest BCUT2D eigenvalue weighted by Crippen LogP contribution is 2.44. The van der Waals surface area contributed by atoms with Crippen LogP contribution in [-0.2, 0) is 14.9 Å². The van der Waals surface area contributed by atoms with Crippen LogP contribution in [0.1, 0.15) is 45.6 Å². The fourth-order valence-corrected chi connectivity index (χ4v) is 3.27. The maximum Gasteiger partial charge on any atom is 0.412 e. The maximum atomic E-state index is 13.6. The molecule has 28 heavy (non-hydrogen) atoms. The van der Waals surface area contributed by atoms with E-state index in [-0.39, 0.29) is 11.7 Å². The summed E-state index contributed by atoms with van der Waals surface area (Å²) in [5.41, 5.74) is 0.624. The lowest BCUT2D eigenvalue weighted by Crippen LogP contribution is -2.46. The number of ether oxygens (including phenoxy) is 1. The average Bonchev–Trinajstić information content (AvgIpc) is 2.54. The lowest BCUT2D eigenvalue weighted by Gasteiger charge is -2.40. The largest absolute Gasteiger partial charge is 0.444 e. The molecule has 0 bridgehead atoms. The Hall–Kier alpha value is -2.89. The van der Waals surface area contributed by atoms with E-state index in [0.717, 1.165) is 6.42 Å². The van der Waals surface area contributed by atoms with E-state index in [0.29, 0.717) is 29.8 Å². The molecule has 5 nitrogen and oxygen atoms in total. The first-order valence-corrected chi connectivity index (χ1v) is 9.36.